The summed E-state index contributed by atoms with van der Waals surface area (Å²) in [5.74, 6) is -1.09. The molecule has 1 aromatic carbocycles. The third-order valence-corrected chi connectivity index (χ3v) is 4.42. The van der Waals surface area contributed by atoms with Crippen LogP contribution in [0.25, 0.3) is 0 Å². The summed E-state index contributed by atoms with van der Waals surface area (Å²) in [6.07, 6.45) is -0.766. The Morgan fingerprint density at radius 3 is 2.55 bits per heavy atom. The van der Waals surface area contributed by atoms with Crippen molar-refractivity contribution in [2.45, 2.75) is 31.6 Å². The van der Waals surface area contributed by atoms with Crippen molar-refractivity contribution in [2.24, 2.45) is 5.92 Å². The third kappa shape index (κ3) is 2.33. The van der Waals surface area contributed by atoms with Gasteiger partial charge in [0.15, 0.2) is 6.10 Å². The highest BCUT2D eigenvalue weighted by Gasteiger charge is 2.58. The molecule has 2 amide bonds. The maximum Gasteiger partial charge on any atom is 0.261 e. The number of aliphatic hydroxyl groups excluding tert-OH is 1. The molecule has 0 aliphatic carbocycles. The maximum absolute atomic E-state index is 12.4. The predicted octanol–water partition coefficient (Wildman–Crippen LogP) is 0.729. The number of likely N-dealkylation sites (N-methyl/N-ethyl adjacent to an activating group) is 1. The van der Waals surface area contributed by atoms with Crippen LogP contribution in [0.1, 0.15) is 24.9 Å². The van der Waals surface area contributed by atoms with Gasteiger partial charge in [0.1, 0.15) is 0 Å². The zero-order valence-corrected chi connectivity index (χ0v) is 12.7. The van der Waals surface area contributed by atoms with Crippen molar-refractivity contribution < 1.29 is 19.5 Å². The molecule has 22 heavy (non-hydrogen) atoms. The first kappa shape index (κ1) is 15.1. The highest BCUT2D eigenvalue weighted by atomic mass is 16.7. The Hall–Kier alpha value is -1.76. The number of rotatable bonds is 4. The SMILES string of the molecule is CC[C@H](O)CN1O[C@H]2C(=O)N(C)C(=O)[C@H]2[C@H]1c1ccccc1. The van der Waals surface area contributed by atoms with E-state index in [-0.39, 0.29) is 24.4 Å². The summed E-state index contributed by atoms with van der Waals surface area (Å²) in [6.45, 7) is 2.15. The number of amides is 2. The van der Waals surface area contributed by atoms with Gasteiger partial charge in [-0.15, -0.1) is 0 Å². The molecule has 2 saturated heterocycles. The van der Waals surface area contributed by atoms with Gasteiger partial charge in [-0.1, -0.05) is 37.3 Å². The van der Waals surface area contributed by atoms with Gasteiger partial charge in [-0.2, -0.15) is 5.06 Å². The fourth-order valence-electron chi connectivity index (χ4n) is 3.13. The van der Waals surface area contributed by atoms with Gasteiger partial charge in [-0.3, -0.25) is 19.3 Å². The highest BCUT2D eigenvalue weighted by Crippen LogP contribution is 2.44. The van der Waals surface area contributed by atoms with Crippen molar-refractivity contribution in [1.29, 1.82) is 0 Å². The van der Waals surface area contributed by atoms with Crippen LogP contribution in [0.4, 0.5) is 0 Å². The molecule has 6 heteroatoms. The lowest BCUT2D eigenvalue weighted by Gasteiger charge is -2.27. The van der Waals surface area contributed by atoms with Gasteiger partial charge in [0.2, 0.25) is 5.91 Å². The van der Waals surface area contributed by atoms with E-state index in [1.165, 1.54) is 7.05 Å². The number of carbonyl (C=O) groups excluding carboxylic acids is 2. The number of hydroxylamine groups is 2. The van der Waals surface area contributed by atoms with Gasteiger partial charge in [0, 0.05) is 7.05 Å². The molecule has 0 unspecified atom stereocenters. The summed E-state index contributed by atoms with van der Waals surface area (Å²) < 4.78 is 0. The van der Waals surface area contributed by atoms with Crippen LogP contribution in [0.5, 0.6) is 0 Å². The first-order valence-corrected chi connectivity index (χ1v) is 7.52. The summed E-state index contributed by atoms with van der Waals surface area (Å²) in [5.41, 5.74) is 0.912. The molecule has 3 rings (SSSR count). The van der Waals surface area contributed by atoms with Crippen LogP contribution in [0.3, 0.4) is 0 Å². The average molecular weight is 304 g/mol. The fourth-order valence-corrected chi connectivity index (χ4v) is 3.13. The van der Waals surface area contributed by atoms with Crippen molar-refractivity contribution in [1.82, 2.24) is 9.96 Å². The van der Waals surface area contributed by atoms with E-state index in [2.05, 4.69) is 0 Å². The molecule has 6 nitrogen and oxygen atoms in total. The highest BCUT2D eigenvalue weighted by molar-refractivity contribution is 6.07. The summed E-state index contributed by atoms with van der Waals surface area (Å²) >= 11 is 0. The number of benzene rings is 1. The number of imide groups is 1. The number of nitrogens with zero attached hydrogens (tertiary/aromatic N) is 2. The Kier molecular flexibility index (Phi) is 3.99. The lowest BCUT2D eigenvalue weighted by Crippen LogP contribution is -2.37. The summed E-state index contributed by atoms with van der Waals surface area (Å²) in [6, 6.07) is 9.16. The quantitative estimate of drug-likeness (QED) is 0.831. The molecule has 2 fully saturated rings. The van der Waals surface area contributed by atoms with Gasteiger partial charge in [-0.25, -0.2) is 0 Å². The van der Waals surface area contributed by atoms with Crippen LogP contribution in [-0.2, 0) is 14.4 Å². The number of aliphatic hydroxyl groups is 1. The molecule has 2 aliphatic heterocycles. The Balaban J connectivity index is 1.95. The van der Waals surface area contributed by atoms with Crippen molar-refractivity contribution in [2.75, 3.05) is 13.6 Å². The normalized spacial score (nSPS) is 30.0. The van der Waals surface area contributed by atoms with Gasteiger partial charge in [0.05, 0.1) is 24.6 Å². The van der Waals surface area contributed by atoms with Crippen molar-refractivity contribution in [3.05, 3.63) is 35.9 Å². The molecule has 0 bridgehead atoms. The first-order chi connectivity index (χ1) is 10.5. The van der Waals surface area contributed by atoms with E-state index in [9.17, 15) is 14.7 Å². The number of likely N-dealkylation sites (tertiary alicyclic amines) is 1. The second kappa shape index (κ2) is 5.79. The largest absolute Gasteiger partial charge is 0.392 e. The second-order valence-electron chi connectivity index (χ2n) is 5.80. The molecule has 0 radical (unpaired) electrons. The number of fused-ring (bicyclic) bond motifs is 1. The Labute approximate surface area is 129 Å². The van der Waals surface area contributed by atoms with Crippen molar-refractivity contribution in [3.63, 3.8) is 0 Å². The molecule has 0 saturated carbocycles. The van der Waals surface area contributed by atoms with Crippen LogP contribution < -0.4 is 0 Å². The number of hydrogen-bond donors (Lipinski definition) is 1. The average Bonchev–Trinajstić information content (AvgIpc) is 3.00. The van der Waals surface area contributed by atoms with Gasteiger partial charge in [-0.05, 0) is 12.0 Å². The Bertz CT molecular complexity index is 577. The summed E-state index contributed by atoms with van der Waals surface area (Å²) in [4.78, 5) is 31.5. The summed E-state index contributed by atoms with van der Waals surface area (Å²) in [5, 5.41) is 11.5. The fraction of sp³-hybridized carbons (Fsp3) is 0.500. The van der Waals surface area contributed by atoms with E-state index in [0.717, 1.165) is 10.5 Å². The van der Waals surface area contributed by atoms with Crippen LogP contribution >= 0.6 is 0 Å². The van der Waals surface area contributed by atoms with E-state index < -0.39 is 18.1 Å². The molecule has 2 heterocycles. The number of carbonyl (C=O) groups is 2. The van der Waals surface area contributed by atoms with E-state index in [1.807, 2.05) is 37.3 Å². The third-order valence-electron chi connectivity index (χ3n) is 4.42. The summed E-state index contributed by atoms with van der Waals surface area (Å²) in [7, 11) is 1.49. The Morgan fingerprint density at radius 2 is 1.91 bits per heavy atom. The second-order valence-corrected chi connectivity index (χ2v) is 5.80. The molecule has 0 spiro atoms. The minimum atomic E-state index is -0.785. The smallest absolute Gasteiger partial charge is 0.261 e. The van der Waals surface area contributed by atoms with Crippen molar-refractivity contribution >= 4 is 11.8 Å². The number of β-amino-alcohol motifs (C(OH)–C–C–N with tert-alkyl or cyclic N) is 1. The minimum absolute atomic E-state index is 0.225. The molecule has 118 valence electrons. The van der Waals surface area contributed by atoms with E-state index >= 15 is 0 Å². The van der Waals surface area contributed by atoms with Crippen molar-refractivity contribution in [3.8, 4) is 0 Å². The minimum Gasteiger partial charge on any atom is -0.392 e. The first-order valence-electron chi connectivity index (χ1n) is 7.52. The lowest BCUT2D eigenvalue weighted by atomic mass is 9.91. The van der Waals surface area contributed by atoms with Crippen LogP contribution in [0.15, 0.2) is 30.3 Å². The molecule has 2 aliphatic rings. The van der Waals surface area contributed by atoms with Crippen LogP contribution in [0, 0.1) is 5.92 Å². The van der Waals surface area contributed by atoms with Gasteiger partial charge < -0.3 is 5.11 Å². The molecule has 1 N–H and O–H groups in total. The Morgan fingerprint density at radius 1 is 1.23 bits per heavy atom. The topological polar surface area (TPSA) is 70.1 Å². The van der Waals surface area contributed by atoms with Crippen LogP contribution in [0.2, 0.25) is 0 Å². The number of hydrogen-bond acceptors (Lipinski definition) is 5. The zero-order chi connectivity index (χ0) is 15.9. The maximum atomic E-state index is 12.4. The lowest BCUT2D eigenvalue weighted by molar-refractivity contribution is -0.187. The van der Waals surface area contributed by atoms with E-state index in [0.29, 0.717) is 6.42 Å². The van der Waals surface area contributed by atoms with Crippen LogP contribution in [-0.4, -0.2) is 52.7 Å². The molecular weight excluding hydrogens is 284 g/mol. The van der Waals surface area contributed by atoms with E-state index in [1.54, 1.807) is 5.06 Å². The molecule has 0 aromatic heterocycles. The molecule has 4 atom stereocenters. The monoisotopic (exact) mass is 304 g/mol. The standard InChI is InChI=1S/C16H20N2O4/c1-3-11(19)9-18-13(10-7-5-4-6-8-10)12-14(22-18)16(21)17(2)15(12)20/h4-8,11-14,19H,3,9H2,1-2H3/t11-,12-,13+,14+/m0/s1. The van der Waals surface area contributed by atoms with E-state index in [4.69, 9.17) is 4.84 Å². The zero-order valence-electron chi connectivity index (χ0n) is 12.7. The van der Waals surface area contributed by atoms with Gasteiger partial charge >= 0.3 is 0 Å². The molecular formula is C16H20N2O4. The van der Waals surface area contributed by atoms with Gasteiger partial charge in [0.25, 0.3) is 5.91 Å². The molecule has 1 aromatic rings. The predicted molar refractivity (Wildman–Crippen MR) is 78.3 cm³/mol.